The number of nitrogens with zero attached hydrogens (tertiary/aromatic N) is 2. The summed E-state index contributed by atoms with van der Waals surface area (Å²) in [6, 6.07) is 6.49. The topological polar surface area (TPSA) is 52.1 Å². The van der Waals surface area contributed by atoms with E-state index in [1.54, 1.807) is 12.1 Å². The van der Waals surface area contributed by atoms with Crippen LogP contribution in [0.15, 0.2) is 30.5 Å². The van der Waals surface area contributed by atoms with Crippen molar-refractivity contribution >= 4 is 0 Å². The zero-order valence-corrected chi connectivity index (χ0v) is 13.6. The molecule has 0 atom stereocenters. The van der Waals surface area contributed by atoms with Gasteiger partial charge in [0.15, 0.2) is 0 Å². The molecule has 1 fully saturated rings. The number of rotatable bonds is 5. The van der Waals surface area contributed by atoms with Crippen LogP contribution in [-0.2, 0) is 6.54 Å². The summed E-state index contributed by atoms with van der Waals surface area (Å²) in [5.41, 5.74) is 3.14. The fourth-order valence-corrected chi connectivity index (χ4v) is 3.35. The van der Waals surface area contributed by atoms with Gasteiger partial charge in [0.1, 0.15) is 5.82 Å². The molecule has 0 amide bonds. The third-order valence-electron chi connectivity index (χ3n) is 5.25. The van der Waals surface area contributed by atoms with Crippen molar-refractivity contribution in [2.75, 3.05) is 19.7 Å². The summed E-state index contributed by atoms with van der Waals surface area (Å²) >= 11 is 0. The van der Waals surface area contributed by atoms with Gasteiger partial charge in [-0.15, -0.1) is 0 Å². The second-order valence-corrected chi connectivity index (χ2v) is 6.56. The van der Waals surface area contributed by atoms with Crippen molar-refractivity contribution in [2.24, 2.45) is 5.41 Å². The van der Waals surface area contributed by atoms with E-state index in [9.17, 15) is 9.50 Å². The summed E-state index contributed by atoms with van der Waals surface area (Å²) in [5, 5.41) is 16.8. The van der Waals surface area contributed by atoms with Gasteiger partial charge in [-0.1, -0.05) is 6.92 Å². The van der Waals surface area contributed by atoms with Gasteiger partial charge < -0.3 is 5.11 Å². The number of aromatic amines is 1. The van der Waals surface area contributed by atoms with Crippen LogP contribution in [0.2, 0.25) is 0 Å². The summed E-state index contributed by atoms with van der Waals surface area (Å²) in [4.78, 5) is 2.40. The third kappa shape index (κ3) is 3.46. The molecule has 1 aliphatic heterocycles. The van der Waals surface area contributed by atoms with Crippen LogP contribution in [0.4, 0.5) is 4.39 Å². The Kier molecular flexibility index (Phi) is 4.78. The molecule has 2 aromatic rings. The lowest BCUT2D eigenvalue weighted by Gasteiger charge is -2.40. The Labute approximate surface area is 136 Å². The monoisotopic (exact) mass is 317 g/mol. The molecule has 2 N–H and O–H groups in total. The van der Waals surface area contributed by atoms with Crippen LogP contribution in [0.3, 0.4) is 0 Å². The molecule has 0 saturated carbocycles. The molecule has 124 valence electrons. The summed E-state index contributed by atoms with van der Waals surface area (Å²) in [6.07, 6.45) is 4.95. The molecule has 0 spiro atoms. The number of H-pyrrole nitrogens is 1. The van der Waals surface area contributed by atoms with Crippen molar-refractivity contribution in [3.05, 3.63) is 41.8 Å². The second kappa shape index (κ2) is 6.81. The molecular formula is C18H24FN3O. The highest BCUT2D eigenvalue weighted by atomic mass is 19.1. The van der Waals surface area contributed by atoms with Crippen molar-refractivity contribution in [2.45, 2.75) is 32.7 Å². The molecule has 2 heterocycles. The highest BCUT2D eigenvalue weighted by molar-refractivity contribution is 5.62. The molecule has 0 radical (unpaired) electrons. The van der Waals surface area contributed by atoms with Crippen LogP contribution in [-0.4, -0.2) is 39.9 Å². The summed E-state index contributed by atoms with van der Waals surface area (Å²) in [7, 11) is 0. The minimum absolute atomic E-state index is 0.104. The first-order valence-corrected chi connectivity index (χ1v) is 8.27. The normalized spacial score (nSPS) is 18.2. The van der Waals surface area contributed by atoms with Crippen LogP contribution in [0, 0.1) is 11.2 Å². The smallest absolute Gasteiger partial charge is 0.123 e. The highest BCUT2D eigenvalue weighted by Gasteiger charge is 2.32. The Balaban J connectivity index is 1.68. The lowest BCUT2D eigenvalue weighted by Crippen LogP contribution is -2.41. The first-order chi connectivity index (χ1) is 11.2. The number of aliphatic hydroxyl groups is 1. The maximum Gasteiger partial charge on any atom is 0.123 e. The molecule has 1 aromatic carbocycles. The predicted octanol–water partition coefficient (Wildman–Crippen LogP) is 3.20. The zero-order chi connectivity index (χ0) is 16.3. The molecule has 0 bridgehead atoms. The third-order valence-corrected chi connectivity index (χ3v) is 5.25. The Morgan fingerprint density at radius 3 is 2.57 bits per heavy atom. The molecule has 1 aliphatic rings. The molecule has 4 nitrogen and oxygen atoms in total. The predicted molar refractivity (Wildman–Crippen MR) is 88.3 cm³/mol. The molecule has 3 rings (SSSR count). The van der Waals surface area contributed by atoms with Gasteiger partial charge in [-0.05, 0) is 62.0 Å². The fourth-order valence-electron chi connectivity index (χ4n) is 3.35. The number of benzene rings is 1. The highest BCUT2D eigenvalue weighted by Crippen LogP contribution is 2.35. The van der Waals surface area contributed by atoms with Crippen molar-refractivity contribution in [3.63, 3.8) is 0 Å². The quantitative estimate of drug-likeness (QED) is 0.890. The molecule has 1 saturated heterocycles. The van der Waals surface area contributed by atoms with Crippen molar-refractivity contribution in [3.8, 4) is 11.3 Å². The molecule has 23 heavy (non-hydrogen) atoms. The lowest BCUT2D eigenvalue weighted by molar-refractivity contribution is 0.0383. The summed E-state index contributed by atoms with van der Waals surface area (Å²) in [5.74, 6) is -0.231. The Hall–Kier alpha value is -1.72. The number of piperidine rings is 1. The van der Waals surface area contributed by atoms with Crippen molar-refractivity contribution < 1.29 is 9.50 Å². The Morgan fingerprint density at radius 1 is 1.26 bits per heavy atom. The SMILES string of the molecule is CCC1(CO)CCN(Cc2cn[nH]c2-c2ccc(F)cc2)CC1. The second-order valence-electron chi connectivity index (χ2n) is 6.56. The maximum absolute atomic E-state index is 13.1. The number of hydrogen-bond acceptors (Lipinski definition) is 3. The van der Waals surface area contributed by atoms with Gasteiger partial charge in [0, 0.05) is 24.3 Å². The number of aromatic nitrogens is 2. The van der Waals surface area contributed by atoms with Crippen LogP contribution in [0.5, 0.6) is 0 Å². The van der Waals surface area contributed by atoms with Crippen LogP contribution in [0.1, 0.15) is 31.7 Å². The van der Waals surface area contributed by atoms with E-state index in [1.165, 1.54) is 12.1 Å². The first-order valence-electron chi connectivity index (χ1n) is 8.27. The minimum atomic E-state index is -0.231. The first kappa shape index (κ1) is 16.1. The largest absolute Gasteiger partial charge is 0.396 e. The van der Waals surface area contributed by atoms with Gasteiger partial charge in [0.05, 0.1) is 11.9 Å². The Morgan fingerprint density at radius 2 is 1.96 bits per heavy atom. The number of halogens is 1. The van der Waals surface area contributed by atoms with E-state index in [0.29, 0.717) is 0 Å². The van der Waals surface area contributed by atoms with E-state index in [1.807, 2.05) is 6.20 Å². The van der Waals surface area contributed by atoms with Crippen molar-refractivity contribution in [1.82, 2.24) is 15.1 Å². The standard InChI is InChI=1S/C18H24FN3O/c1-2-18(13-23)7-9-22(10-8-18)12-15-11-20-21-17(15)14-3-5-16(19)6-4-14/h3-6,11,23H,2,7-10,12-13H2,1H3,(H,20,21). The number of hydrogen-bond donors (Lipinski definition) is 2. The average molecular weight is 317 g/mol. The Bertz CT molecular complexity index is 624. The minimum Gasteiger partial charge on any atom is -0.396 e. The van der Waals surface area contributed by atoms with Gasteiger partial charge in [-0.3, -0.25) is 10.00 Å². The maximum atomic E-state index is 13.1. The molecule has 0 aliphatic carbocycles. The van der Waals surface area contributed by atoms with E-state index >= 15 is 0 Å². The summed E-state index contributed by atoms with van der Waals surface area (Å²) in [6.45, 7) is 5.25. The van der Waals surface area contributed by atoms with Gasteiger partial charge in [0.2, 0.25) is 0 Å². The van der Waals surface area contributed by atoms with E-state index in [2.05, 4.69) is 22.0 Å². The number of nitrogens with one attached hydrogen (secondary N) is 1. The van der Waals surface area contributed by atoms with Crippen LogP contribution < -0.4 is 0 Å². The van der Waals surface area contributed by atoms with E-state index in [-0.39, 0.29) is 17.8 Å². The van der Waals surface area contributed by atoms with E-state index in [0.717, 1.165) is 55.7 Å². The van der Waals surface area contributed by atoms with Crippen LogP contribution in [0.25, 0.3) is 11.3 Å². The van der Waals surface area contributed by atoms with Gasteiger partial charge >= 0.3 is 0 Å². The average Bonchev–Trinajstić information content (AvgIpc) is 3.05. The molecular weight excluding hydrogens is 293 g/mol. The number of aliphatic hydroxyl groups excluding tert-OH is 1. The molecule has 1 aromatic heterocycles. The fraction of sp³-hybridized carbons (Fsp3) is 0.500. The van der Waals surface area contributed by atoms with E-state index < -0.39 is 0 Å². The van der Waals surface area contributed by atoms with Gasteiger partial charge in [-0.25, -0.2) is 4.39 Å². The zero-order valence-electron chi connectivity index (χ0n) is 13.6. The summed E-state index contributed by atoms with van der Waals surface area (Å²) < 4.78 is 13.1. The van der Waals surface area contributed by atoms with Crippen LogP contribution >= 0.6 is 0 Å². The molecule has 0 unspecified atom stereocenters. The van der Waals surface area contributed by atoms with E-state index in [4.69, 9.17) is 0 Å². The van der Waals surface area contributed by atoms with Gasteiger partial charge in [0.25, 0.3) is 0 Å². The van der Waals surface area contributed by atoms with Gasteiger partial charge in [-0.2, -0.15) is 5.10 Å². The van der Waals surface area contributed by atoms with Crippen molar-refractivity contribution in [1.29, 1.82) is 0 Å². The number of likely N-dealkylation sites (tertiary alicyclic amines) is 1. The molecule has 5 heteroatoms. The lowest BCUT2D eigenvalue weighted by atomic mass is 9.77.